The van der Waals surface area contributed by atoms with Crippen molar-refractivity contribution in [3.8, 4) is 0 Å². The van der Waals surface area contributed by atoms with Gasteiger partial charge in [-0.15, -0.1) is 0 Å². The molecule has 1 atom stereocenters. The summed E-state index contributed by atoms with van der Waals surface area (Å²) in [6.07, 6.45) is 4.25. The monoisotopic (exact) mass is 567 g/mol. The number of rotatable bonds is 13. The smallest absolute Gasteiger partial charge is 0.393 e. The minimum absolute atomic E-state index is 0.0685. The lowest BCUT2D eigenvalue weighted by Gasteiger charge is -2.36. The molecule has 1 aliphatic rings. The molecule has 1 unspecified atom stereocenters. The molecule has 1 aromatic heterocycles. The van der Waals surface area contributed by atoms with Gasteiger partial charge in [0.25, 0.3) is 5.91 Å². The molecule has 204 valence electrons. The molecule has 1 N–H and O–H groups in total. The van der Waals surface area contributed by atoms with Crippen LogP contribution in [-0.2, 0) is 13.7 Å². The van der Waals surface area contributed by atoms with E-state index >= 15 is 0 Å². The van der Waals surface area contributed by atoms with Gasteiger partial charge in [0, 0.05) is 48.1 Å². The molecule has 0 aliphatic carbocycles. The Morgan fingerprint density at radius 1 is 1.34 bits per heavy atom. The largest absolute Gasteiger partial charge is 0.426 e. The highest BCUT2D eigenvalue weighted by molar-refractivity contribution is 7.94. The number of nitrogens with one attached hydrogen (secondary N) is 1. The van der Waals surface area contributed by atoms with Crippen molar-refractivity contribution in [3.05, 3.63) is 83.8 Å². The van der Waals surface area contributed by atoms with Gasteiger partial charge in [0.05, 0.1) is 29.7 Å². The van der Waals surface area contributed by atoms with E-state index in [0.717, 1.165) is 28.6 Å². The molecule has 0 fully saturated rings. The zero-order valence-electron chi connectivity index (χ0n) is 21.1. The molecule has 1 amide bonds. The third kappa shape index (κ3) is 7.55. The molecule has 1 aromatic carbocycles. The van der Waals surface area contributed by atoms with Gasteiger partial charge in [-0.2, -0.15) is 13.2 Å². The average molecular weight is 568 g/mol. The van der Waals surface area contributed by atoms with Crippen molar-refractivity contribution in [2.24, 2.45) is 0 Å². The highest BCUT2D eigenvalue weighted by Crippen LogP contribution is 2.38. The molecule has 0 saturated carbocycles. The molecule has 38 heavy (non-hydrogen) atoms. The maximum atomic E-state index is 13.2. The number of benzene rings is 1. The van der Waals surface area contributed by atoms with Gasteiger partial charge in [0.15, 0.2) is 5.72 Å². The van der Waals surface area contributed by atoms with Crippen LogP contribution >= 0.6 is 23.6 Å². The van der Waals surface area contributed by atoms with Gasteiger partial charge < -0.3 is 19.1 Å². The van der Waals surface area contributed by atoms with Crippen molar-refractivity contribution in [1.82, 2.24) is 9.88 Å². The number of allylic oxidation sites excluding steroid dienone is 4. The second-order valence-electron chi connectivity index (χ2n) is 8.40. The predicted octanol–water partition coefficient (Wildman–Crippen LogP) is 7.06. The van der Waals surface area contributed by atoms with Gasteiger partial charge in [0.1, 0.15) is 5.76 Å². The first-order chi connectivity index (χ1) is 18.1. The molecular formula is C27H29ClF3N3O3S. The van der Waals surface area contributed by atoms with Gasteiger partial charge in [-0.25, -0.2) is 0 Å². The molecular weight excluding hydrogens is 539 g/mol. The second-order valence-corrected chi connectivity index (χ2v) is 9.53. The van der Waals surface area contributed by atoms with Crippen LogP contribution in [0.15, 0.2) is 78.8 Å². The number of alkyl halides is 3. The normalized spacial score (nSPS) is 18.4. The fourth-order valence-corrected chi connectivity index (χ4v) is 5.03. The summed E-state index contributed by atoms with van der Waals surface area (Å²) in [6.45, 7) is 6.02. The summed E-state index contributed by atoms with van der Waals surface area (Å²) in [5.74, 6) is -0.0999. The minimum atomic E-state index is -4.53. The van der Waals surface area contributed by atoms with E-state index in [0.29, 0.717) is 23.7 Å². The number of ether oxygens (including phenoxy) is 1. The summed E-state index contributed by atoms with van der Waals surface area (Å²) in [5.41, 5.74) is -0.160. The number of carbonyl (C=O) groups is 1. The molecule has 2 heterocycles. The van der Waals surface area contributed by atoms with Crippen LogP contribution in [0.5, 0.6) is 0 Å². The van der Waals surface area contributed by atoms with E-state index in [4.69, 9.17) is 20.5 Å². The highest BCUT2D eigenvalue weighted by atomic mass is 35.5. The molecule has 1 aliphatic heterocycles. The lowest BCUT2D eigenvalue weighted by Crippen LogP contribution is -2.50. The SMILES string of the molecule is C=C/C=C\C(=C/C)OSCC1(OC)C=C(CC(F)(F)F)C(=O)N1CCCNc1ccnc2cc(Cl)ccc12. The summed E-state index contributed by atoms with van der Waals surface area (Å²) in [7, 11) is 1.37. The number of pyridine rings is 1. The molecule has 11 heteroatoms. The van der Waals surface area contributed by atoms with Crippen LogP contribution < -0.4 is 5.32 Å². The fourth-order valence-electron chi connectivity index (χ4n) is 3.99. The van der Waals surface area contributed by atoms with Crippen molar-refractivity contribution in [3.63, 3.8) is 0 Å². The van der Waals surface area contributed by atoms with E-state index in [2.05, 4.69) is 16.9 Å². The summed E-state index contributed by atoms with van der Waals surface area (Å²) in [6, 6.07) is 7.22. The molecule has 0 bridgehead atoms. The summed E-state index contributed by atoms with van der Waals surface area (Å²) in [4.78, 5) is 18.7. The van der Waals surface area contributed by atoms with Gasteiger partial charge in [-0.1, -0.05) is 30.3 Å². The van der Waals surface area contributed by atoms with Crippen molar-refractivity contribution < 1.29 is 26.9 Å². The van der Waals surface area contributed by atoms with Crippen LogP contribution in [-0.4, -0.2) is 53.6 Å². The maximum Gasteiger partial charge on any atom is 0.393 e. The molecule has 0 saturated heterocycles. The Bertz CT molecular complexity index is 1250. The number of halogens is 4. The maximum absolute atomic E-state index is 13.2. The van der Waals surface area contributed by atoms with Gasteiger partial charge in [-0.05, 0) is 55.8 Å². The zero-order valence-corrected chi connectivity index (χ0v) is 22.6. The van der Waals surface area contributed by atoms with Crippen molar-refractivity contribution in [2.75, 3.05) is 31.3 Å². The first-order valence-corrected chi connectivity index (χ1v) is 13.1. The first kappa shape index (κ1) is 29.6. The highest BCUT2D eigenvalue weighted by Gasteiger charge is 2.48. The van der Waals surface area contributed by atoms with Crippen molar-refractivity contribution in [2.45, 2.75) is 31.7 Å². The van der Waals surface area contributed by atoms with Crippen molar-refractivity contribution >= 4 is 46.1 Å². The Kier molecular flexibility index (Phi) is 10.3. The lowest BCUT2D eigenvalue weighted by molar-refractivity contribution is -0.148. The topological polar surface area (TPSA) is 63.7 Å². The second kappa shape index (κ2) is 13.2. The molecule has 0 radical (unpaired) electrons. The number of fused-ring (bicyclic) bond motifs is 1. The number of hydrogen-bond acceptors (Lipinski definition) is 6. The Morgan fingerprint density at radius 3 is 2.82 bits per heavy atom. The van der Waals surface area contributed by atoms with Crippen LogP contribution in [0.4, 0.5) is 18.9 Å². The first-order valence-electron chi connectivity index (χ1n) is 11.8. The lowest BCUT2D eigenvalue weighted by atomic mass is 10.1. The number of carbonyl (C=O) groups excluding carboxylic acids is 1. The van der Waals surface area contributed by atoms with Crippen LogP contribution in [0.3, 0.4) is 0 Å². The quantitative estimate of drug-likeness (QED) is 0.121. The van der Waals surface area contributed by atoms with E-state index in [1.54, 1.807) is 49.6 Å². The number of aromatic nitrogens is 1. The molecule has 0 spiro atoms. The average Bonchev–Trinajstić information content (AvgIpc) is 3.13. The van der Waals surface area contributed by atoms with E-state index in [1.807, 2.05) is 12.1 Å². The summed E-state index contributed by atoms with van der Waals surface area (Å²) < 4.78 is 51.0. The summed E-state index contributed by atoms with van der Waals surface area (Å²) in [5, 5.41) is 4.77. The van der Waals surface area contributed by atoms with Crippen LogP contribution in [0.1, 0.15) is 19.8 Å². The van der Waals surface area contributed by atoms with Crippen LogP contribution in [0.25, 0.3) is 10.9 Å². The number of anilines is 1. The van der Waals surface area contributed by atoms with Crippen molar-refractivity contribution in [1.29, 1.82) is 0 Å². The predicted molar refractivity (Wildman–Crippen MR) is 147 cm³/mol. The number of hydrogen-bond donors (Lipinski definition) is 1. The third-order valence-corrected chi connectivity index (χ3v) is 6.88. The molecule has 3 rings (SSSR count). The zero-order chi connectivity index (χ0) is 27.8. The van der Waals surface area contributed by atoms with E-state index in [1.165, 1.54) is 18.1 Å². The van der Waals surface area contributed by atoms with E-state index < -0.39 is 24.2 Å². The Morgan fingerprint density at radius 2 is 2.13 bits per heavy atom. The van der Waals surface area contributed by atoms with Gasteiger partial charge in [-0.3, -0.25) is 9.78 Å². The standard InChI is InChI=1S/C27H29ClF3N3O3S/c1-4-6-8-21(5-2)37-38-18-26(36-3)16-19(17-27(29,30)31)25(35)34(26)14-7-12-32-23-11-13-33-24-15-20(28)9-10-22(23)24/h4-6,8-11,13,15-16H,1,7,12,14,17-18H2,2-3H3,(H,32,33)/b8-6-,21-5+. The molecule has 2 aromatic rings. The fraction of sp³-hybridized carbons (Fsp3) is 0.333. The minimum Gasteiger partial charge on any atom is -0.426 e. The number of nitrogens with zero attached hydrogens (tertiary/aromatic N) is 2. The number of amides is 1. The van der Waals surface area contributed by atoms with Gasteiger partial charge >= 0.3 is 6.18 Å². The Balaban J connectivity index is 1.71. The Hall–Kier alpha value is -2.95. The van der Waals surface area contributed by atoms with E-state index in [9.17, 15) is 18.0 Å². The van der Waals surface area contributed by atoms with Crippen LogP contribution in [0, 0.1) is 0 Å². The van der Waals surface area contributed by atoms with E-state index in [-0.39, 0.29) is 17.9 Å². The van der Waals surface area contributed by atoms with Gasteiger partial charge in [0.2, 0.25) is 0 Å². The van der Waals surface area contributed by atoms with Crippen LogP contribution in [0.2, 0.25) is 5.02 Å². The third-order valence-electron chi connectivity index (χ3n) is 5.80. The molecule has 6 nitrogen and oxygen atoms in total. The summed E-state index contributed by atoms with van der Waals surface area (Å²) >= 11 is 7.04. The Labute approximate surface area is 229 Å². The number of methoxy groups -OCH3 is 1.